The van der Waals surface area contributed by atoms with E-state index >= 15 is 0 Å². The van der Waals surface area contributed by atoms with Crippen LogP contribution in [0.4, 0.5) is 0 Å². The summed E-state index contributed by atoms with van der Waals surface area (Å²) in [7, 11) is 0. The SMILES string of the molecule is C=c1s/c(=C2\SC(=S)N(CC)C2=O)n(CC)c1=O. The summed E-state index contributed by atoms with van der Waals surface area (Å²) < 4.78 is 3.25. The van der Waals surface area contributed by atoms with Gasteiger partial charge in [-0.15, -0.1) is 11.3 Å². The minimum atomic E-state index is -0.126. The first-order valence-corrected chi connectivity index (χ1v) is 7.51. The lowest BCUT2D eigenvalue weighted by molar-refractivity contribution is -0.120. The molecule has 1 aliphatic heterocycles. The van der Waals surface area contributed by atoms with Crippen molar-refractivity contribution in [1.82, 2.24) is 9.47 Å². The van der Waals surface area contributed by atoms with Crippen LogP contribution in [0.2, 0.25) is 0 Å². The molecular formula is C11H12N2O2S3. The number of thiazole rings is 1. The summed E-state index contributed by atoms with van der Waals surface area (Å²) in [5.74, 6) is -0.115. The smallest absolute Gasteiger partial charge is 0.269 e. The molecule has 2 heterocycles. The standard InChI is InChI=1S/C11H12N2O2S3/c1-4-12-8(14)6(3)17-10(12)7-9(15)13(5-2)11(16)18-7/h3-5H2,1-2H3/b10-7-. The second-order valence-corrected chi connectivity index (χ2v) is 6.35. The van der Waals surface area contributed by atoms with Gasteiger partial charge in [-0.05, 0) is 13.8 Å². The lowest BCUT2D eigenvalue weighted by Crippen LogP contribution is -2.32. The number of hydrogen-bond acceptors (Lipinski definition) is 5. The highest BCUT2D eigenvalue weighted by Gasteiger charge is 2.32. The third-order valence-electron chi connectivity index (χ3n) is 2.62. The van der Waals surface area contributed by atoms with Crippen molar-refractivity contribution in [2.45, 2.75) is 20.4 Å². The van der Waals surface area contributed by atoms with Gasteiger partial charge in [0.1, 0.15) is 13.9 Å². The molecular weight excluding hydrogens is 288 g/mol. The maximum Gasteiger partial charge on any atom is 0.269 e. The van der Waals surface area contributed by atoms with Crippen LogP contribution in [0.25, 0.3) is 11.5 Å². The monoisotopic (exact) mass is 300 g/mol. The molecule has 1 aromatic heterocycles. The predicted octanol–water partition coefficient (Wildman–Crippen LogP) is 0.328. The van der Waals surface area contributed by atoms with E-state index in [0.717, 1.165) is 0 Å². The van der Waals surface area contributed by atoms with Gasteiger partial charge in [-0.3, -0.25) is 19.1 Å². The van der Waals surface area contributed by atoms with E-state index in [2.05, 4.69) is 6.58 Å². The number of thioether (sulfide) groups is 1. The molecule has 0 atom stereocenters. The first-order chi connectivity index (χ1) is 8.51. The quantitative estimate of drug-likeness (QED) is 0.738. The molecule has 18 heavy (non-hydrogen) atoms. The van der Waals surface area contributed by atoms with Gasteiger partial charge < -0.3 is 0 Å². The number of hydrogen-bond donors (Lipinski definition) is 0. The number of aromatic nitrogens is 1. The summed E-state index contributed by atoms with van der Waals surface area (Å²) in [5.41, 5.74) is -0.126. The van der Waals surface area contributed by atoms with Gasteiger partial charge >= 0.3 is 0 Å². The number of carbonyl (C=O) groups excluding carboxylic acids is 1. The molecule has 1 amide bonds. The molecule has 0 radical (unpaired) electrons. The van der Waals surface area contributed by atoms with Crippen LogP contribution in [0.3, 0.4) is 0 Å². The molecule has 7 heteroatoms. The molecule has 1 fully saturated rings. The summed E-state index contributed by atoms with van der Waals surface area (Å²) in [5, 5.41) is 0. The molecule has 2 rings (SSSR count). The van der Waals surface area contributed by atoms with E-state index in [9.17, 15) is 9.59 Å². The normalized spacial score (nSPS) is 18.9. The fourth-order valence-electron chi connectivity index (χ4n) is 1.71. The fraction of sp³-hybridized carbons (Fsp3) is 0.364. The molecule has 0 spiro atoms. The van der Waals surface area contributed by atoms with Gasteiger partial charge in [0.05, 0.1) is 4.53 Å². The number of rotatable bonds is 2. The lowest BCUT2D eigenvalue weighted by atomic mass is 10.5. The van der Waals surface area contributed by atoms with Crippen molar-refractivity contribution in [3.8, 4) is 0 Å². The average Bonchev–Trinajstić information content (AvgIpc) is 2.78. The summed E-state index contributed by atoms with van der Waals surface area (Å²) in [4.78, 5) is 26.1. The molecule has 0 bridgehead atoms. The Labute approximate surface area is 118 Å². The third kappa shape index (κ3) is 1.96. The molecule has 1 aliphatic rings. The first-order valence-electron chi connectivity index (χ1n) is 5.47. The molecule has 1 aromatic rings. The van der Waals surface area contributed by atoms with E-state index in [1.54, 1.807) is 9.47 Å². The van der Waals surface area contributed by atoms with E-state index in [4.69, 9.17) is 12.2 Å². The van der Waals surface area contributed by atoms with Crippen LogP contribution in [-0.2, 0) is 11.3 Å². The third-order valence-corrected chi connectivity index (χ3v) is 5.23. The minimum absolute atomic E-state index is 0.115. The van der Waals surface area contributed by atoms with Gasteiger partial charge in [0.25, 0.3) is 11.5 Å². The Morgan fingerprint density at radius 1 is 1.28 bits per heavy atom. The number of thiocarbonyl (C=S) groups is 1. The van der Waals surface area contributed by atoms with Crippen molar-refractivity contribution in [3.63, 3.8) is 0 Å². The van der Waals surface area contributed by atoms with Crippen LogP contribution in [0.1, 0.15) is 13.8 Å². The summed E-state index contributed by atoms with van der Waals surface area (Å²) in [6, 6.07) is 0. The van der Waals surface area contributed by atoms with Crippen LogP contribution in [-0.4, -0.2) is 26.2 Å². The van der Waals surface area contributed by atoms with Gasteiger partial charge in [0.2, 0.25) is 0 Å². The highest BCUT2D eigenvalue weighted by Crippen LogP contribution is 2.30. The molecule has 4 nitrogen and oxygen atoms in total. The highest BCUT2D eigenvalue weighted by atomic mass is 32.2. The van der Waals surface area contributed by atoms with Gasteiger partial charge in [-0.1, -0.05) is 30.6 Å². The average molecular weight is 300 g/mol. The van der Waals surface area contributed by atoms with Crippen molar-refractivity contribution in [2.24, 2.45) is 0 Å². The van der Waals surface area contributed by atoms with Gasteiger partial charge in [-0.25, -0.2) is 0 Å². The molecule has 0 unspecified atom stereocenters. The van der Waals surface area contributed by atoms with E-state index in [0.29, 0.717) is 31.5 Å². The maximum atomic E-state index is 12.2. The van der Waals surface area contributed by atoms with Crippen molar-refractivity contribution in [2.75, 3.05) is 6.54 Å². The van der Waals surface area contributed by atoms with E-state index in [1.165, 1.54) is 23.1 Å². The Bertz CT molecular complexity index is 686. The minimum Gasteiger partial charge on any atom is -0.298 e. The van der Waals surface area contributed by atoms with E-state index in [1.807, 2.05) is 13.8 Å². The van der Waals surface area contributed by atoms with Gasteiger partial charge in [-0.2, -0.15) is 0 Å². The van der Waals surface area contributed by atoms with Crippen molar-refractivity contribution in [3.05, 3.63) is 19.5 Å². The van der Waals surface area contributed by atoms with Gasteiger partial charge in [0.15, 0.2) is 0 Å². The molecule has 0 aliphatic carbocycles. The summed E-state index contributed by atoms with van der Waals surface area (Å²) in [6.07, 6.45) is 0. The van der Waals surface area contributed by atoms with Crippen LogP contribution >= 0.6 is 35.3 Å². The summed E-state index contributed by atoms with van der Waals surface area (Å²) in [6.45, 7) is 8.53. The maximum absolute atomic E-state index is 12.2. The highest BCUT2D eigenvalue weighted by molar-refractivity contribution is 8.30. The second kappa shape index (κ2) is 4.99. The first kappa shape index (κ1) is 13.5. The lowest BCUT2D eigenvalue weighted by Gasteiger charge is -2.09. The fourth-order valence-corrected chi connectivity index (χ4v) is 4.25. The molecule has 0 N–H and O–H groups in total. The van der Waals surface area contributed by atoms with Crippen molar-refractivity contribution < 1.29 is 4.79 Å². The Kier molecular flexibility index (Phi) is 3.74. The van der Waals surface area contributed by atoms with Crippen LogP contribution in [0.15, 0.2) is 4.79 Å². The Morgan fingerprint density at radius 2 is 1.94 bits per heavy atom. The zero-order valence-electron chi connectivity index (χ0n) is 10.1. The van der Waals surface area contributed by atoms with Crippen molar-refractivity contribution in [1.29, 1.82) is 0 Å². The Morgan fingerprint density at radius 3 is 2.44 bits per heavy atom. The number of amides is 1. The number of carbonyl (C=O) groups is 1. The van der Waals surface area contributed by atoms with E-state index < -0.39 is 0 Å². The Hall–Kier alpha value is -0.920. The Balaban J connectivity index is 2.75. The molecule has 96 valence electrons. The van der Waals surface area contributed by atoms with E-state index in [-0.39, 0.29) is 11.5 Å². The predicted molar refractivity (Wildman–Crippen MR) is 80.0 cm³/mol. The summed E-state index contributed by atoms with van der Waals surface area (Å²) >= 11 is 7.68. The second-order valence-electron chi connectivity index (χ2n) is 3.63. The zero-order valence-corrected chi connectivity index (χ0v) is 12.5. The molecule has 0 aromatic carbocycles. The van der Waals surface area contributed by atoms with Crippen molar-refractivity contribution >= 4 is 57.0 Å². The van der Waals surface area contributed by atoms with Gasteiger partial charge in [0, 0.05) is 13.1 Å². The topological polar surface area (TPSA) is 42.3 Å². The zero-order chi connectivity index (χ0) is 13.4. The molecule has 0 saturated carbocycles. The largest absolute Gasteiger partial charge is 0.298 e. The number of nitrogens with zero attached hydrogens (tertiary/aromatic N) is 2. The van der Waals surface area contributed by atoms with Crippen LogP contribution in [0, 0.1) is 0 Å². The van der Waals surface area contributed by atoms with Crippen LogP contribution < -0.4 is 14.8 Å². The van der Waals surface area contributed by atoms with Crippen LogP contribution in [0.5, 0.6) is 0 Å². The molecule has 1 saturated heterocycles.